The summed E-state index contributed by atoms with van der Waals surface area (Å²) in [6, 6.07) is 21.2. The number of para-hydroxylation sites is 1. The van der Waals surface area contributed by atoms with Crippen LogP contribution >= 0.6 is 15.9 Å². The number of methoxy groups -OCH3 is 1. The third-order valence-electron chi connectivity index (χ3n) is 5.92. The van der Waals surface area contributed by atoms with Gasteiger partial charge in [0.2, 0.25) is 0 Å². The van der Waals surface area contributed by atoms with Gasteiger partial charge in [-0.05, 0) is 35.9 Å². The van der Waals surface area contributed by atoms with E-state index in [1.54, 1.807) is 31.4 Å². The number of halogens is 1. The summed E-state index contributed by atoms with van der Waals surface area (Å²) in [4.78, 5) is 30.0. The lowest BCUT2D eigenvalue weighted by molar-refractivity contribution is -0.140. The number of carbonyl (C=O) groups is 2. The first kappa shape index (κ1) is 23.6. The molecule has 174 valence electrons. The van der Waals surface area contributed by atoms with Gasteiger partial charge in [-0.25, -0.2) is 0 Å². The number of hydrogen-bond acceptors (Lipinski definition) is 5. The van der Waals surface area contributed by atoms with Crippen LogP contribution in [0.5, 0.6) is 5.75 Å². The van der Waals surface area contributed by atoms with Gasteiger partial charge in [-0.15, -0.1) is 0 Å². The molecule has 0 aliphatic carbocycles. The highest BCUT2D eigenvalue weighted by Crippen LogP contribution is 2.41. The molecule has 1 amide bonds. The summed E-state index contributed by atoms with van der Waals surface area (Å²) in [6.07, 6.45) is 0. The van der Waals surface area contributed by atoms with Crippen molar-refractivity contribution in [1.82, 2.24) is 4.90 Å². The fourth-order valence-corrected chi connectivity index (χ4v) is 4.39. The molecule has 3 aromatic carbocycles. The van der Waals surface area contributed by atoms with Crippen LogP contribution in [-0.2, 0) is 16.1 Å². The summed E-state index contributed by atoms with van der Waals surface area (Å²) < 4.78 is 6.31. The number of nitrogens with zero attached hydrogens (tertiary/aromatic N) is 2. The van der Waals surface area contributed by atoms with Gasteiger partial charge in [-0.1, -0.05) is 58.4 Å². The molecule has 1 aliphatic rings. The SMILES string of the molecule is COc1ccccc1CN1C(=O)C(=O)/C(=C(\O)c2ccc(Br)cc2)C1c1ccc(N(C)C)cc1. The molecule has 3 aromatic rings. The van der Waals surface area contributed by atoms with Gasteiger partial charge in [-0.3, -0.25) is 9.59 Å². The molecule has 0 aromatic heterocycles. The second-order valence-electron chi connectivity index (χ2n) is 8.23. The number of carbonyl (C=O) groups excluding carboxylic acids is 2. The van der Waals surface area contributed by atoms with Crippen molar-refractivity contribution < 1.29 is 19.4 Å². The summed E-state index contributed by atoms with van der Waals surface area (Å²) in [5.74, 6) is -0.947. The lowest BCUT2D eigenvalue weighted by Crippen LogP contribution is -2.29. The van der Waals surface area contributed by atoms with Gasteiger partial charge in [0.05, 0.1) is 25.3 Å². The Morgan fingerprint density at radius 2 is 1.65 bits per heavy atom. The second kappa shape index (κ2) is 9.73. The number of Topliss-reactive ketones (excluding diaryl/α,β-unsaturated/α-hetero) is 1. The quantitative estimate of drug-likeness (QED) is 0.276. The van der Waals surface area contributed by atoms with E-state index in [0.717, 1.165) is 21.3 Å². The maximum absolute atomic E-state index is 13.2. The zero-order chi connectivity index (χ0) is 24.4. The average Bonchev–Trinajstić information content (AvgIpc) is 3.09. The van der Waals surface area contributed by atoms with Gasteiger partial charge < -0.3 is 19.6 Å². The maximum Gasteiger partial charge on any atom is 0.295 e. The molecule has 1 N–H and O–H groups in total. The van der Waals surface area contributed by atoms with Crippen LogP contribution in [0.25, 0.3) is 5.76 Å². The molecule has 34 heavy (non-hydrogen) atoms. The second-order valence-corrected chi connectivity index (χ2v) is 9.15. The van der Waals surface area contributed by atoms with Gasteiger partial charge in [-0.2, -0.15) is 0 Å². The summed E-state index contributed by atoms with van der Waals surface area (Å²) in [7, 11) is 5.45. The van der Waals surface area contributed by atoms with E-state index in [1.807, 2.05) is 67.5 Å². The van der Waals surface area contributed by atoms with Crippen LogP contribution in [0.2, 0.25) is 0 Å². The number of anilines is 1. The van der Waals surface area contributed by atoms with Crippen LogP contribution in [0, 0.1) is 0 Å². The van der Waals surface area contributed by atoms with Gasteiger partial charge >= 0.3 is 0 Å². The molecule has 1 aliphatic heterocycles. The molecule has 1 atom stereocenters. The summed E-state index contributed by atoms with van der Waals surface area (Å²) in [5, 5.41) is 11.2. The predicted molar refractivity (Wildman–Crippen MR) is 136 cm³/mol. The highest BCUT2D eigenvalue weighted by atomic mass is 79.9. The summed E-state index contributed by atoms with van der Waals surface area (Å²) >= 11 is 3.38. The standard InChI is InChI=1S/C27H25BrN2O4/c1-29(2)21-14-10-17(11-15-21)24-23(25(31)18-8-12-20(28)13-9-18)26(32)27(33)30(24)16-19-6-4-5-7-22(19)34-3/h4-15,24,31H,16H2,1-3H3/b25-23-. The van der Waals surface area contributed by atoms with E-state index >= 15 is 0 Å². The monoisotopic (exact) mass is 520 g/mol. The first-order valence-corrected chi connectivity index (χ1v) is 11.5. The zero-order valence-corrected chi connectivity index (χ0v) is 20.7. The van der Waals surface area contributed by atoms with E-state index in [0.29, 0.717) is 11.3 Å². The normalized spacial score (nSPS) is 17.2. The van der Waals surface area contributed by atoms with Crippen LogP contribution < -0.4 is 9.64 Å². The van der Waals surface area contributed by atoms with Crippen molar-refractivity contribution in [1.29, 1.82) is 0 Å². The third-order valence-corrected chi connectivity index (χ3v) is 6.44. The molecular weight excluding hydrogens is 496 g/mol. The maximum atomic E-state index is 13.2. The average molecular weight is 521 g/mol. The number of benzene rings is 3. The topological polar surface area (TPSA) is 70.1 Å². The molecule has 1 unspecified atom stereocenters. The number of ketones is 1. The fourth-order valence-electron chi connectivity index (χ4n) is 4.12. The number of ether oxygens (including phenoxy) is 1. The number of aliphatic hydroxyl groups excluding tert-OH is 1. The fraction of sp³-hybridized carbons (Fsp3) is 0.185. The number of rotatable bonds is 6. The van der Waals surface area contributed by atoms with Gasteiger partial charge in [0, 0.05) is 35.4 Å². The smallest absolute Gasteiger partial charge is 0.295 e. The van der Waals surface area contributed by atoms with E-state index in [9.17, 15) is 14.7 Å². The Hall–Kier alpha value is -3.58. The Labute approximate surface area is 207 Å². The zero-order valence-electron chi connectivity index (χ0n) is 19.2. The molecule has 0 bridgehead atoms. The van der Waals surface area contributed by atoms with Crippen molar-refractivity contribution in [3.05, 3.63) is 99.5 Å². The Kier molecular flexibility index (Phi) is 6.75. The van der Waals surface area contributed by atoms with E-state index < -0.39 is 17.7 Å². The Morgan fingerprint density at radius 1 is 1.00 bits per heavy atom. The van der Waals surface area contributed by atoms with Gasteiger partial charge in [0.15, 0.2) is 0 Å². The molecule has 0 radical (unpaired) electrons. The predicted octanol–water partition coefficient (Wildman–Crippen LogP) is 5.15. The van der Waals surface area contributed by atoms with Crippen molar-refractivity contribution in [2.45, 2.75) is 12.6 Å². The number of amides is 1. The van der Waals surface area contributed by atoms with Crippen molar-refractivity contribution in [3.8, 4) is 5.75 Å². The highest BCUT2D eigenvalue weighted by Gasteiger charge is 2.46. The van der Waals surface area contributed by atoms with Crippen LogP contribution in [0.3, 0.4) is 0 Å². The van der Waals surface area contributed by atoms with Crippen molar-refractivity contribution in [2.24, 2.45) is 0 Å². The molecule has 0 saturated carbocycles. The lowest BCUT2D eigenvalue weighted by atomic mass is 9.95. The minimum absolute atomic E-state index is 0.0693. The van der Waals surface area contributed by atoms with E-state index in [4.69, 9.17) is 4.74 Å². The van der Waals surface area contributed by atoms with Crippen LogP contribution in [0.4, 0.5) is 5.69 Å². The Balaban J connectivity index is 1.86. The third kappa shape index (κ3) is 4.43. The largest absolute Gasteiger partial charge is 0.507 e. The first-order chi connectivity index (χ1) is 16.3. The first-order valence-electron chi connectivity index (χ1n) is 10.8. The number of likely N-dealkylation sites (tertiary alicyclic amines) is 1. The van der Waals surface area contributed by atoms with Gasteiger partial charge in [0.25, 0.3) is 11.7 Å². The van der Waals surface area contributed by atoms with Crippen molar-refractivity contribution in [3.63, 3.8) is 0 Å². The molecule has 0 spiro atoms. The van der Waals surface area contributed by atoms with Crippen molar-refractivity contribution >= 4 is 39.1 Å². The van der Waals surface area contributed by atoms with E-state index in [2.05, 4.69) is 15.9 Å². The van der Waals surface area contributed by atoms with Crippen molar-refractivity contribution in [2.75, 3.05) is 26.1 Å². The minimum Gasteiger partial charge on any atom is -0.507 e. The molecule has 1 saturated heterocycles. The van der Waals surface area contributed by atoms with Gasteiger partial charge in [0.1, 0.15) is 11.5 Å². The molecule has 7 heteroatoms. The van der Waals surface area contributed by atoms with E-state index in [1.165, 1.54) is 4.90 Å². The minimum atomic E-state index is -0.746. The van der Waals surface area contributed by atoms with Crippen LogP contribution in [0.15, 0.2) is 82.8 Å². The highest BCUT2D eigenvalue weighted by molar-refractivity contribution is 9.10. The Morgan fingerprint density at radius 3 is 2.26 bits per heavy atom. The van der Waals surface area contributed by atoms with Crippen LogP contribution in [0.1, 0.15) is 22.7 Å². The summed E-state index contributed by atoms with van der Waals surface area (Å²) in [6.45, 7) is 0.159. The number of hydrogen-bond donors (Lipinski definition) is 1. The molecular formula is C27H25BrN2O4. The molecule has 1 heterocycles. The summed E-state index contributed by atoms with van der Waals surface area (Å²) in [5.41, 5.74) is 3.02. The lowest BCUT2D eigenvalue weighted by Gasteiger charge is -2.26. The Bertz CT molecular complexity index is 1250. The molecule has 1 fully saturated rings. The van der Waals surface area contributed by atoms with Crippen LogP contribution in [-0.4, -0.2) is 42.9 Å². The molecule has 6 nitrogen and oxygen atoms in total. The number of aliphatic hydroxyl groups is 1. The molecule has 4 rings (SSSR count). The van der Waals surface area contributed by atoms with E-state index in [-0.39, 0.29) is 17.9 Å².